The number of carbonyl (C=O) groups is 2. The highest BCUT2D eigenvalue weighted by Crippen LogP contribution is 2.60. The number of hydrogen-bond donors (Lipinski definition) is 1. The number of nitrogens with zero attached hydrogens (tertiary/aromatic N) is 1. The fraction of sp³-hybridized carbons (Fsp3) is 0.296. The Morgan fingerprint density at radius 1 is 1.17 bits per heavy atom. The van der Waals surface area contributed by atoms with Gasteiger partial charge in [0.2, 0.25) is 5.91 Å². The number of ketones is 1. The summed E-state index contributed by atoms with van der Waals surface area (Å²) in [4.78, 5) is 28.5. The van der Waals surface area contributed by atoms with Gasteiger partial charge in [0, 0.05) is 54.0 Å². The molecule has 1 amide bonds. The zero-order chi connectivity index (χ0) is 24.3. The van der Waals surface area contributed by atoms with Gasteiger partial charge in [0.15, 0.2) is 0 Å². The summed E-state index contributed by atoms with van der Waals surface area (Å²) in [7, 11) is 0. The van der Waals surface area contributed by atoms with E-state index < -0.39 is 11.6 Å². The van der Waals surface area contributed by atoms with Gasteiger partial charge in [-0.1, -0.05) is 0 Å². The Bertz CT molecular complexity index is 1370. The van der Waals surface area contributed by atoms with Crippen molar-refractivity contribution in [3.8, 4) is 17.2 Å². The molecular formula is C27H22F2N2O4. The minimum atomic E-state index is -0.640. The molecule has 0 saturated heterocycles. The SMILES string of the molecule is Cc1c(F)cc(CC(=O)C[C@@H]2[C@H]3Oc4ccc(Oc5ccnc6c5CCC(=O)N6)cc4[C@@H]23)cc1F. The number of benzene rings is 2. The molecule has 8 heteroatoms. The van der Waals surface area contributed by atoms with E-state index in [1.165, 1.54) is 19.1 Å². The second-order valence-corrected chi connectivity index (χ2v) is 9.36. The summed E-state index contributed by atoms with van der Waals surface area (Å²) in [5.41, 5.74) is 2.16. The molecule has 1 saturated carbocycles. The third-order valence-corrected chi connectivity index (χ3v) is 7.01. The average Bonchev–Trinajstić information content (AvgIpc) is 3.33. The Balaban J connectivity index is 1.14. The quantitative estimate of drug-likeness (QED) is 0.541. The lowest BCUT2D eigenvalue weighted by molar-refractivity contribution is -0.119. The Morgan fingerprint density at radius 3 is 2.77 bits per heavy atom. The van der Waals surface area contributed by atoms with E-state index in [1.54, 1.807) is 12.3 Å². The molecule has 178 valence electrons. The maximum atomic E-state index is 13.8. The van der Waals surface area contributed by atoms with Gasteiger partial charge in [-0.05, 0) is 55.3 Å². The van der Waals surface area contributed by atoms with E-state index in [-0.39, 0.29) is 48.0 Å². The molecule has 3 heterocycles. The summed E-state index contributed by atoms with van der Waals surface area (Å²) in [5, 5.41) is 2.77. The van der Waals surface area contributed by atoms with E-state index in [1.807, 2.05) is 18.2 Å². The zero-order valence-electron chi connectivity index (χ0n) is 18.9. The van der Waals surface area contributed by atoms with E-state index >= 15 is 0 Å². The highest BCUT2D eigenvalue weighted by Gasteiger charge is 2.59. The summed E-state index contributed by atoms with van der Waals surface area (Å²) >= 11 is 0. The van der Waals surface area contributed by atoms with Gasteiger partial charge in [0.05, 0.1) is 0 Å². The van der Waals surface area contributed by atoms with Gasteiger partial charge in [-0.2, -0.15) is 0 Å². The molecular weight excluding hydrogens is 454 g/mol. The third kappa shape index (κ3) is 3.92. The molecule has 0 bridgehead atoms. The molecule has 0 spiro atoms. The largest absolute Gasteiger partial charge is 0.489 e. The van der Waals surface area contributed by atoms with Crippen LogP contribution in [0.25, 0.3) is 0 Å². The van der Waals surface area contributed by atoms with Crippen LogP contribution in [0.4, 0.5) is 14.6 Å². The topological polar surface area (TPSA) is 77.5 Å². The van der Waals surface area contributed by atoms with Gasteiger partial charge in [-0.3, -0.25) is 9.59 Å². The number of ether oxygens (including phenoxy) is 2. The summed E-state index contributed by atoms with van der Waals surface area (Å²) in [6.45, 7) is 1.37. The Hall–Kier alpha value is -3.81. The second kappa shape index (κ2) is 8.15. The van der Waals surface area contributed by atoms with Crippen molar-refractivity contribution in [1.29, 1.82) is 0 Å². The number of halogens is 2. The van der Waals surface area contributed by atoms with Gasteiger partial charge < -0.3 is 14.8 Å². The summed E-state index contributed by atoms with van der Waals surface area (Å²) in [6, 6.07) is 9.86. The van der Waals surface area contributed by atoms with Crippen LogP contribution in [0.3, 0.4) is 0 Å². The van der Waals surface area contributed by atoms with Crippen molar-refractivity contribution < 1.29 is 27.8 Å². The molecule has 1 fully saturated rings. The normalized spacial score (nSPS) is 21.3. The van der Waals surface area contributed by atoms with Gasteiger partial charge in [0.25, 0.3) is 0 Å². The molecule has 6 nitrogen and oxygen atoms in total. The monoisotopic (exact) mass is 476 g/mol. The van der Waals surface area contributed by atoms with Crippen molar-refractivity contribution in [2.24, 2.45) is 5.92 Å². The number of nitrogens with one attached hydrogen (secondary N) is 1. The molecule has 3 aliphatic rings. The van der Waals surface area contributed by atoms with Crippen molar-refractivity contribution in [2.45, 2.75) is 44.6 Å². The van der Waals surface area contributed by atoms with Gasteiger partial charge in [-0.25, -0.2) is 13.8 Å². The standard InChI is InChI=1S/C27H22F2N2O4/c1-13-20(28)9-14(10-21(13)29)8-15(32)11-19-25-18-12-16(2-4-22(18)35-26(19)25)34-23-6-7-30-27-17(23)3-5-24(33)31-27/h2,4,6-7,9-10,12,19,25-26H,3,5,8,11H2,1H3,(H,30,31,33)/t19-,25-,26+/m0/s1. The summed E-state index contributed by atoms with van der Waals surface area (Å²) in [6.07, 6.45) is 2.75. The maximum Gasteiger partial charge on any atom is 0.225 e. The fourth-order valence-electron chi connectivity index (χ4n) is 5.10. The molecule has 2 aliphatic heterocycles. The van der Waals surface area contributed by atoms with Crippen LogP contribution in [0.1, 0.15) is 41.0 Å². The number of aromatic nitrogens is 1. The molecule has 3 aromatic rings. The van der Waals surface area contributed by atoms with Crippen LogP contribution >= 0.6 is 0 Å². The van der Waals surface area contributed by atoms with E-state index in [2.05, 4.69) is 10.3 Å². The first-order valence-corrected chi connectivity index (χ1v) is 11.6. The van der Waals surface area contributed by atoms with Crippen molar-refractivity contribution >= 4 is 17.5 Å². The summed E-state index contributed by atoms with van der Waals surface area (Å²) < 4.78 is 39.8. The van der Waals surface area contributed by atoms with E-state index in [0.717, 1.165) is 16.9 Å². The molecule has 0 radical (unpaired) electrons. The molecule has 35 heavy (non-hydrogen) atoms. The maximum absolute atomic E-state index is 13.8. The minimum absolute atomic E-state index is 0.0102. The molecule has 6 rings (SSSR count). The van der Waals surface area contributed by atoms with Gasteiger partial charge in [0.1, 0.15) is 46.6 Å². The fourth-order valence-corrected chi connectivity index (χ4v) is 5.10. The highest BCUT2D eigenvalue weighted by atomic mass is 19.1. The lowest BCUT2D eigenvalue weighted by atomic mass is 10.0. The predicted molar refractivity (Wildman–Crippen MR) is 123 cm³/mol. The molecule has 0 unspecified atom stereocenters. The molecule has 2 aromatic carbocycles. The lowest BCUT2D eigenvalue weighted by Gasteiger charge is -2.19. The lowest BCUT2D eigenvalue weighted by Crippen LogP contribution is -2.20. The van der Waals surface area contributed by atoms with Crippen molar-refractivity contribution in [3.63, 3.8) is 0 Å². The number of anilines is 1. The van der Waals surface area contributed by atoms with Crippen molar-refractivity contribution in [1.82, 2.24) is 4.98 Å². The molecule has 1 N–H and O–H groups in total. The number of hydrogen-bond acceptors (Lipinski definition) is 5. The summed E-state index contributed by atoms with van der Waals surface area (Å²) in [5.74, 6) is 1.30. The first kappa shape index (κ1) is 21.7. The Morgan fingerprint density at radius 2 is 1.97 bits per heavy atom. The van der Waals surface area contributed by atoms with Crippen LogP contribution in [-0.4, -0.2) is 22.8 Å². The number of Topliss-reactive ketones (excluding diaryl/α,β-unsaturated/α-hetero) is 1. The predicted octanol–water partition coefficient (Wildman–Crippen LogP) is 5.02. The van der Waals surface area contributed by atoms with E-state index in [0.29, 0.717) is 35.7 Å². The first-order valence-electron chi connectivity index (χ1n) is 11.6. The smallest absolute Gasteiger partial charge is 0.225 e. The van der Waals surface area contributed by atoms with Gasteiger partial charge >= 0.3 is 0 Å². The Labute approximate surface area is 200 Å². The average molecular weight is 476 g/mol. The van der Waals surface area contributed by atoms with Crippen LogP contribution in [0.2, 0.25) is 0 Å². The number of amides is 1. The minimum Gasteiger partial charge on any atom is -0.489 e. The van der Waals surface area contributed by atoms with E-state index in [9.17, 15) is 18.4 Å². The van der Waals surface area contributed by atoms with Crippen LogP contribution in [0, 0.1) is 24.5 Å². The number of carbonyl (C=O) groups excluding carboxylic acids is 2. The third-order valence-electron chi connectivity index (χ3n) is 7.01. The van der Waals surface area contributed by atoms with Crippen LogP contribution in [0.15, 0.2) is 42.6 Å². The van der Waals surface area contributed by atoms with Crippen LogP contribution in [0.5, 0.6) is 17.2 Å². The zero-order valence-corrected chi connectivity index (χ0v) is 18.9. The number of rotatable bonds is 6. The van der Waals surface area contributed by atoms with Gasteiger partial charge in [-0.15, -0.1) is 0 Å². The molecule has 1 aliphatic carbocycles. The van der Waals surface area contributed by atoms with Crippen LogP contribution in [-0.2, 0) is 22.4 Å². The van der Waals surface area contributed by atoms with Crippen LogP contribution < -0.4 is 14.8 Å². The first-order chi connectivity index (χ1) is 16.9. The van der Waals surface area contributed by atoms with Crippen molar-refractivity contribution in [2.75, 3.05) is 5.32 Å². The highest BCUT2D eigenvalue weighted by molar-refractivity contribution is 5.93. The second-order valence-electron chi connectivity index (χ2n) is 9.36. The molecule has 1 aromatic heterocycles. The van der Waals surface area contributed by atoms with E-state index in [4.69, 9.17) is 9.47 Å². The molecule has 3 atom stereocenters. The Kier molecular flexibility index (Phi) is 5.05. The van der Waals surface area contributed by atoms with Crippen molar-refractivity contribution in [3.05, 3.63) is 76.5 Å². The number of pyridine rings is 1. The number of fused-ring (bicyclic) bond motifs is 4.